The van der Waals surface area contributed by atoms with Gasteiger partial charge >= 0.3 is 0 Å². The van der Waals surface area contributed by atoms with Gasteiger partial charge in [-0.1, -0.05) is 23.7 Å². The number of nitrogens with two attached hydrogens (primary N) is 1. The van der Waals surface area contributed by atoms with Crippen LogP contribution in [0.4, 0.5) is 0 Å². The third-order valence-electron chi connectivity index (χ3n) is 4.31. The molecular formula is C19H19ClN6OS. The second-order valence-electron chi connectivity index (χ2n) is 7.16. The first-order chi connectivity index (χ1) is 13.3. The molecule has 0 saturated carbocycles. The number of carbonyl (C=O) groups is 1. The summed E-state index contributed by atoms with van der Waals surface area (Å²) < 4.78 is 2.88. The molecule has 1 aromatic carbocycles. The highest BCUT2D eigenvalue weighted by molar-refractivity contribution is 7.18. The van der Waals surface area contributed by atoms with Crippen LogP contribution in [-0.4, -0.2) is 31.0 Å². The summed E-state index contributed by atoms with van der Waals surface area (Å²) in [6, 6.07) is 11.0. The fourth-order valence-electron chi connectivity index (χ4n) is 2.85. The molecule has 0 aliphatic heterocycles. The smallest absolute Gasteiger partial charge is 0.240 e. The number of thiazole rings is 1. The Bertz CT molecular complexity index is 1130. The lowest BCUT2D eigenvalue weighted by Gasteiger charge is -2.23. The van der Waals surface area contributed by atoms with Crippen molar-refractivity contribution in [1.29, 1.82) is 0 Å². The molecule has 3 N–H and O–H groups in total. The number of carbonyl (C=O) groups excluding carboxylic acids is 1. The van der Waals surface area contributed by atoms with Gasteiger partial charge in [0, 0.05) is 12.6 Å². The Morgan fingerprint density at radius 1 is 1.29 bits per heavy atom. The number of nitrogens with one attached hydrogen (secondary N) is 1. The first kappa shape index (κ1) is 18.8. The fraction of sp³-hybridized carbons (Fsp3) is 0.263. The van der Waals surface area contributed by atoms with Crippen LogP contribution in [0.1, 0.15) is 30.7 Å². The number of fused-ring (bicyclic) bond motifs is 2. The van der Waals surface area contributed by atoms with E-state index in [1.54, 1.807) is 47.9 Å². The van der Waals surface area contributed by atoms with E-state index in [1.165, 1.54) is 0 Å². The van der Waals surface area contributed by atoms with Gasteiger partial charge in [0.15, 0.2) is 11.5 Å². The molecule has 0 bridgehead atoms. The number of halogens is 1. The molecule has 9 heteroatoms. The maximum Gasteiger partial charge on any atom is 0.240 e. The van der Waals surface area contributed by atoms with Gasteiger partial charge in [-0.25, -0.2) is 4.98 Å². The average Bonchev–Trinajstić information content (AvgIpc) is 3.23. The molecule has 3 heterocycles. The first-order valence-electron chi connectivity index (χ1n) is 8.76. The van der Waals surface area contributed by atoms with Crippen molar-refractivity contribution in [2.75, 3.05) is 0 Å². The van der Waals surface area contributed by atoms with Crippen LogP contribution in [0.25, 0.3) is 15.9 Å². The summed E-state index contributed by atoms with van der Waals surface area (Å²) >= 11 is 7.74. The number of para-hydroxylation sites is 1. The van der Waals surface area contributed by atoms with E-state index in [0.29, 0.717) is 22.9 Å². The summed E-state index contributed by atoms with van der Waals surface area (Å²) in [5, 5.41) is 12.9. The molecule has 0 unspecified atom stereocenters. The second-order valence-corrected chi connectivity index (χ2v) is 8.71. The summed E-state index contributed by atoms with van der Waals surface area (Å²) in [4.78, 5) is 17.3. The van der Waals surface area contributed by atoms with E-state index in [0.717, 1.165) is 15.2 Å². The van der Waals surface area contributed by atoms with Gasteiger partial charge < -0.3 is 11.1 Å². The van der Waals surface area contributed by atoms with Crippen molar-refractivity contribution in [2.45, 2.75) is 31.8 Å². The largest absolute Gasteiger partial charge is 0.344 e. The molecular weight excluding hydrogens is 396 g/mol. The summed E-state index contributed by atoms with van der Waals surface area (Å²) in [7, 11) is 0. The number of nitrogens with zero attached hydrogens (tertiary/aromatic N) is 4. The molecule has 0 radical (unpaired) electrons. The van der Waals surface area contributed by atoms with E-state index in [-0.39, 0.29) is 5.91 Å². The molecule has 28 heavy (non-hydrogen) atoms. The second kappa shape index (κ2) is 7.12. The van der Waals surface area contributed by atoms with E-state index in [4.69, 9.17) is 17.3 Å². The minimum Gasteiger partial charge on any atom is -0.344 e. The number of amides is 1. The zero-order chi connectivity index (χ0) is 19.9. The van der Waals surface area contributed by atoms with Crippen molar-refractivity contribution in [3.8, 4) is 0 Å². The molecule has 0 aliphatic rings. The summed E-state index contributed by atoms with van der Waals surface area (Å²) in [5.41, 5.74) is 6.54. The first-order valence-corrected chi connectivity index (χ1v) is 9.95. The number of benzene rings is 1. The number of hydrogen-bond donors (Lipinski definition) is 2. The fourth-order valence-corrected chi connectivity index (χ4v) is 4.03. The molecule has 4 rings (SSSR count). The third-order valence-corrected chi connectivity index (χ3v) is 5.59. The minimum absolute atomic E-state index is 0.280. The van der Waals surface area contributed by atoms with Crippen LogP contribution in [-0.2, 0) is 11.2 Å². The third kappa shape index (κ3) is 3.71. The van der Waals surface area contributed by atoms with E-state index in [1.807, 2.05) is 24.3 Å². The Labute approximate surface area is 170 Å². The number of hydrogen-bond acceptors (Lipinski definition) is 6. The molecule has 0 fully saturated rings. The predicted octanol–water partition coefficient (Wildman–Crippen LogP) is 3.13. The van der Waals surface area contributed by atoms with Gasteiger partial charge in [-0.05, 0) is 38.1 Å². The lowest BCUT2D eigenvalue weighted by Crippen LogP contribution is -2.50. The van der Waals surface area contributed by atoms with Crippen LogP contribution < -0.4 is 11.1 Å². The van der Waals surface area contributed by atoms with Crippen LogP contribution in [0.15, 0.2) is 42.6 Å². The van der Waals surface area contributed by atoms with Gasteiger partial charge in [0.25, 0.3) is 0 Å². The Hall–Kier alpha value is -2.55. The standard InChI is InChI=1S/C19H19ClN6OS/c1-19(2,21)18(27)23-13(9-16-22-12-5-3-4-6-14(12)28-16)17-25-24-15-8-7-11(20)10-26(15)17/h3-8,10,13H,9,21H2,1-2H3,(H,23,27)/t13-/m1/s1. The van der Waals surface area contributed by atoms with Crippen molar-refractivity contribution in [1.82, 2.24) is 24.9 Å². The van der Waals surface area contributed by atoms with Gasteiger partial charge in [0.05, 0.1) is 31.8 Å². The summed E-state index contributed by atoms with van der Waals surface area (Å²) in [5.74, 6) is 0.298. The van der Waals surface area contributed by atoms with E-state index < -0.39 is 11.6 Å². The molecule has 0 saturated heterocycles. The van der Waals surface area contributed by atoms with Crippen molar-refractivity contribution >= 4 is 44.7 Å². The van der Waals surface area contributed by atoms with Gasteiger partial charge in [-0.3, -0.25) is 9.20 Å². The summed E-state index contributed by atoms with van der Waals surface area (Å²) in [6.07, 6.45) is 2.20. The van der Waals surface area contributed by atoms with Crippen molar-refractivity contribution in [3.63, 3.8) is 0 Å². The Morgan fingerprint density at radius 2 is 2.07 bits per heavy atom. The molecule has 0 aliphatic carbocycles. The summed E-state index contributed by atoms with van der Waals surface area (Å²) in [6.45, 7) is 3.33. The molecule has 1 amide bonds. The average molecular weight is 415 g/mol. The topological polar surface area (TPSA) is 98.2 Å². The van der Waals surface area contributed by atoms with Crippen LogP contribution in [0.2, 0.25) is 5.02 Å². The molecule has 4 aromatic rings. The van der Waals surface area contributed by atoms with Gasteiger partial charge in [-0.2, -0.15) is 0 Å². The Kier molecular flexibility index (Phi) is 4.78. The zero-order valence-corrected chi connectivity index (χ0v) is 17.0. The molecule has 144 valence electrons. The van der Waals surface area contributed by atoms with E-state index in [2.05, 4.69) is 20.5 Å². The highest BCUT2D eigenvalue weighted by atomic mass is 35.5. The molecule has 1 atom stereocenters. The SMILES string of the molecule is CC(C)(N)C(=O)N[C@H](Cc1nc2ccccc2s1)c1nnc2ccc(Cl)cn12. The normalized spacial score (nSPS) is 13.1. The Morgan fingerprint density at radius 3 is 2.82 bits per heavy atom. The number of pyridine rings is 1. The van der Waals surface area contributed by atoms with Gasteiger partial charge in [0.2, 0.25) is 5.91 Å². The Balaban J connectivity index is 1.74. The van der Waals surface area contributed by atoms with Crippen LogP contribution in [0.5, 0.6) is 0 Å². The van der Waals surface area contributed by atoms with Gasteiger partial charge in [-0.15, -0.1) is 21.5 Å². The number of aromatic nitrogens is 4. The molecule has 0 spiro atoms. The van der Waals surface area contributed by atoms with Crippen molar-refractivity contribution in [3.05, 3.63) is 58.4 Å². The van der Waals surface area contributed by atoms with Crippen molar-refractivity contribution < 1.29 is 4.79 Å². The quantitative estimate of drug-likeness (QED) is 0.522. The van der Waals surface area contributed by atoms with Crippen LogP contribution in [0.3, 0.4) is 0 Å². The maximum atomic E-state index is 12.6. The van der Waals surface area contributed by atoms with E-state index in [9.17, 15) is 4.79 Å². The highest BCUT2D eigenvalue weighted by Crippen LogP contribution is 2.26. The minimum atomic E-state index is -1.02. The van der Waals surface area contributed by atoms with E-state index >= 15 is 0 Å². The highest BCUT2D eigenvalue weighted by Gasteiger charge is 2.28. The van der Waals surface area contributed by atoms with Crippen LogP contribution >= 0.6 is 22.9 Å². The van der Waals surface area contributed by atoms with Crippen molar-refractivity contribution in [2.24, 2.45) is 5.73 Å². The van der Waals surface area contributed by atoms with Gasteiger partial charge in [0.1, 0.15) is 0 Å². The lowest BCUT2D eigenvalue weighted by atomic mass is 10.0. The maximum absolute atomic E-state index is 12.6. The lowest BCUT2D eigenvalue weighted by molar-refractivity contribution is -0.126. The molecule has 3 aromatic heterocycles. The molecule has 7 nitrogen and oxygen atoms in total. The number of rotatable bonds is 5. The monoisotopic (exact) mass is 414 g/mol. The zero-order valence-electron chi connectivity index (χ0n) is 15.4. The van der Waals surface area contributed by atoms with Crippen LogP contribution in [0, 0.1) is 0 Å². The predicted molar refractivity (Wildman–Crippen MR) is 110 cm³/mol.